The van der Waals surface area contributed by atoms with Gasteiger partial charge in [0.2, 0.25) is 0 Å². The zero-order valence-corrected chi connectivity index (χ0v) is 14.8. The first kappa shape index (κ1) is 20.2. The van der Waals surface area contributed by atoms with E-state index in [1.54, 1.807) is 0 Å². The lowest BCUT2D eigenvalue weighted by atomic mass is 10.2. The highest BCUT2D eigenvalue weighted by atomic mass is 16.6. The molecule has 0 aliphatic carbocycles. The van der Waals surface area contributed by atoms with Crippen LogP contribution in [-0.4, -0.2) is 42.8 Å². The Morgan fingerprint density at radius 1 is 0.952 bits per heavy atom. The van der Waals surface area contributed by atoms with Crippen LogP contribution in [0, 0.1) is 0 Å². The summed E-state index contributed by atoms with van der Waals surface area (Å²) >= 11 is 0. The molecule has 0 aliphatic heterocycles. The van der Waals surface area contributed by atoms with Crippen molar-refractivity contribution < 1.29 is 9.53 Å². The highest BCUT2D eigenvalue weighted by Gasteiger charge is 2.21. The summed E-state index contributed by atoms with van der Waals surface area (Å²) in [5.74, 6) is 0. The molecule has 0 aliphatic rings. The molecule has 4 nitrogen and oxygen atoms in total. The second-order valence-corrected chi connectivity index (χ2v) is 6.63. The molecule has 0 unspecified atom stereocenters. The number of hydrogen-bond donors (Lipinski definition) is 1. The predicted octanol–water partition coefficient (Wildman–Crippen LogP) is 4.19. The van der Waals surface area contributed by atoms with Crippen LogP contribution >= 0.6 is 0 Å². The maximum atomic E-state index is 12.2. The van der Waals surface area contributed by atoms with Gasteiger partial charge in [-0.05, 0) is 53.1 Å². The van der Waals surface area contributed by atoms with Gasteiger partial charge in [0.05, 0.1) is 0 Å². The number of amides is 1. The van der Waals surface area contributed by atoms with E-state index in [-0.39, 0.29) is 6.09 Å². The Bertz CT molecular complexity index is 262. The lowest BCUT2D eigenvalue weighted by molar-refractivity contribution is 0.0245. The molecular weight excluding hydrogens is 264 g/mol. The Labute approximate surface area is 131 Å². The molecule has 0 radical (unpaired) electrons. The molecule has 126 valence electrons. The molecule has 0 heterocycles. The summed E-state index contributed by atoms with van der Waals surface area (Å²) in [4.78, 5) is 14.1. The Kier molecular flexibility index (Phi) is 11.4. The molecule has 0 rings (SSSR count). The highest BCUT2D eigenvalue weighted by Crippen LogP contribution is 2.11. The third-order valence-corrected chi connectivity index (χ3v) is 3.17. The van der Waals surface area contributed by atoms with Gasteiger partial charge in [-0.15, -0.1) is 0 Å². The van der Waals surface area contributed by atoms with E-state index in [0.29, 0.717) is 0 Å². The fraction of sp³-hybridized carbons (Fsp3) is 0.941. The molecule has 0 atom stereocenters. The monoisotopic (exact) mass is 300 g/mol. The van der Waals surface area contributed by atoms with Crippen molar-refractivity contribution in [2.75, 3.05) is 26.2 Å². The van der Waals surface area contributed by atoms with Crippen molar-refractivity contribution in [3.63, 3.8) is 0 Å². The van der Waals surface area contributed by atoms with Crippen LogP contribution in [0.15, 0.2) is 0 Å². The van der Waals surface area contributed by atoms with E-state index in [1.807, 2.05) is 25.7 Å². The Hall–Kier alpha value is -0.770. The summed E-state index contributed by atoms with van der Waals surface area (Å²) in [7, 11) is 0. The minimum atomic E-state index is -0.417. The molecule has 0 spiro atoms. The molecule has 0 saturated heterocycles. The van der Waals surface area contributed by atoms with E-state index in [1.165, 1.54) is 19.3 Å². The molecule has 0 saturated carbocycles. The fourth-order valence-corrected chi connectivity index (χ4v) is 2.00. The van der Waals surface area contributed by atoms with Crippen molar-refractivity contribution in [2.45, 2.75) is 78.7 Å². The maximum Gasteiger partial charge on any atom is 0.410 e. The van der Waals surface area contributed by atoms with Crippen molar-refractivity contribution in [1.82, 2.24) is 10.2 Å². The number of hydrogen-bond acceptors (Lipinski definition) is 3. The molecule has 1 N–H and O–H groups in total. The largest absolute Gasteiger partial charge is 0.444 e. The number of carbonyl (C=O) groups excluding carboxylic acids is 1. The SMILES string of the molecule is CCCCCN(CCCNCCCC)C(=O)OC(C)(C)C. The number of carbonyl (C=O) groups is 1. The number of ether oxygens (including phenoxy) is 1. The Morgan fingerprint density at radius 2 is 1.52 bits per heavy atom. The molecule has 21 heavy (non-hydrogen) atoms. The van der Waals surface area contributed by atoms with Crippen LogP contribution in [0.2, 0.25) is 0 Å². The molecule has 0 bridgehead atoms. The van der Waals surface area contributed by atoms with Gasteiger partial charge in [0, 0.05) is 13.1 Å². The maximum absolute atomic E-state index is 12.2. The summed E-state index contributed by atoms with van der Waals surface area (Å²) < 4.78 is 5.49. The van der Waals surface area contributed by atoms with Crippen molar-refractivity contribution in [3.05, 3.63) is 0 Å². The van der Waals surface area contributed by atoms with Gasteiger partial charge in [0.15, 0.2) is 0 Å². The number of rotatable bonds is 11. The lowest BCUT2D eigenvalue weighted by Crippen LogP contribution is -2.38. The number of nitrogens with zero attached hydrogens (tertiary/aromatic N) is 1. The smallest absolute Gasteiger partial charge is 0.410 e. The Balaban J connectivity index is 4.10. The van der Waals surface area contributed by atoms with E-state index in [0.717, 1.165) is 45.4 Å². The summed E-state index contributed by atoms with van der Waals surface area (Å²) in [6.45, 7) is 13.7. The van der Waals surface area contributed by atoms with E-state index < -0.39 is 5.60 Å². The molecule has 0 aromatic heterocycles. The molecule has 0 aromatic carbocycles. The molecule has 0 aromatic rings. The normalized spacial score (nSPS) is 11.5. The summed E-state index contributed by atoms with van der Waals surface area (Å²) in [5, 5.41) is 3.42. The van der Waals surface area contributed by atoms with Gasteiger partial charge in [-0.3, -0.25) is 0 Å². The van der Waals surface area contributed by atoms with Crippen molar-refractivity contribution >= 4 is 6.09 Å². The van der Waals surface area contributed by atoms with Crippen molar-refractivity contribution in [3.8, 4) is 0 Å². The second-order valence-electron chi connectivity index (χ2n) is 6.63. The van der Waals surface area contributed by atoms with Gasteiger partial charge in [-0.1, -0.05) is 33.1 Å². The summed E-state index contributed by atoms with van der Waals surface area (Å²) in [5.41, 5.74) is -0.417. The topological polar surface area (TPSA) is 41.6 Å². The van der Waals surface area contributed by atoms with Gasteiger partial charge in [0.25, 0.3) is 0 Å². The predicted molar refractivity (Wildman–Crippen MR) is 89.7 cm³/mol. The van der Waals surface area contributed by atoms with Crippen LogP contribution in [-0.2, 0) is 4.74 Å². The van der Waals surface area contributed by atoms with Crippen LogP contribution < -0.4 is 5.32 Å². The van der Waals surface area contributed by atoms with E-state index in [2.05, 4.69) is 19.2 Å². The molecular formula is C17H36N2O2. The van der Waals surface area contributed by atoms with Crippen molar-refractivity contribution in [1.29, 1.82) is 0 Å². The molecule has 4 heteroatoms. The van der Waals surface area contributed by atoms with Crippen LogP contribution in [0.1, 0.15) is 73.1 Å². The first-order valence-electron chi connectivity index (χ1n) is 8.59. The highest BCUT2D eigenvalue weighted by molar-refractivity contribution is 5.68. The van der Waals surface area contributed by atoms with Crippen LogP contribution in [0.4, 0.5) is 4.79 Å². The van der Waals surface area contributed by atoms with E-state index >= 15 is 0 Å². The standard InChI is InChI=1S/C17H36N2O2/c1-6-8-10-14-19(16(20)21-17(3,4)5)15-11-13-18-12-9-7-2/h18H,6-15H2,1-5H3. The van der Waals surface area contributed by atoms with Gasteiger partial charge in [0.1, 0.15) is 5.60 Å². The quantitative estimate of drug-likeness (QED) is 0.582. The van der Waals surface area contributed by atoms with Crippen molar-refractivity contribution in [2.24, 2.45) is 0 Å². The van der Waals surface area contributed by atoms with Gasteiger partial charge in [-0.2, -0.15) is 0 Å². The van der Waals surface area contributed by atoms with Crippen LogP contribution in [0.3, 0.4) is 0 Å². The van der Waals surface area contributed by atoms with E-state index in [4.69, 9.17) is 4.74 Å². The van der Waals surface area contributed by atoms with E-state index in [9.17, 15) is 4.79 Å². The first-order chi connectivity index (χ1) is 9.90. The van der Waals surface area contributed by atoms with Gasteiger partial charge < -0.3 is 15.0 Å². The summed E-state index contributed by atoms with van der Waals surface area (Å²) in [6.07, 6.45) is 6.62. The second kappa shape index (κ2) is 11.8. The minimum absolute atomic E-state index is 0.174. The summed E-state index contributed by atoms with van der Waals surface area (Å²) in [6, 6.07) is 0. The lowest BCUT2D eigenvalue weighted by Gasteiger charge is -2.27. The zero-order valence-electron chi connectivity index (χ0n) is 14.8. The number of unbranched alkanes of at least 4 members (excludes halogenated alkanes) is 3. The fourth-order valence-electron chi connectivity index (χ4n) is 2.00. The minimum Gasteiger partial charge on any atom is -0.444 e. The average molecular weight is 300 g/mol. The Morgan fingerprint density at radius 3 is 2.10 bits per heavy atom. The average Bonchev–Trinajstić information content (AvgIpc) is 2.38. The van der Waals surface area contributed by atoms with Gasteiger partial charge >= 0.3 is 6.09 Å². The zero-order chi connectivity index (χ0) is 16.1. The van der Waals surface area contributed by atoms with Crippen LogP contribution in [0.5, 0.6) is 0 Å². The van der Waals surface area contributed by atoms with Crippen LogP contribution in [0.25, 0.3) is 0 Å². The third-order valence-electron chi connectivity index (χ3n) is 3.17. The number of nitrogens with one attached hydrogen (secondary N) is 1. The third kappa shape index (κ3) is 12.7. The van der Waals surface area contributed by atoms with Gasteiger partial charge in [-0.25, -0.2) is 4.79 Å². The first-order valence-corrected chi connectivity index (χ1v) is 8.59. The molecule has 1 amide bonds. The molecule has 0 fully saturated rings.